The van der Waals surface area contributed by atoms with E-state index in [2.05, 4.69) is 47.1 Å². The van der Waals surface area contributed by atoms with Gasteiger partial charge in [-0.3, -0.25) is 9.88 Å². The Morgan fingerprint density at radius 3 is 2.50 bits per heavy atom. The summed E-state index contributed by atoms with van der Waals surface area (Å²) in [5, 5.41) is 0. The van der Waals surface area contributed by atoms with E-state index in [1.807, 2.05) is 19.3 Å². The molecule has 0 atom stereocenters. The minimum Gasteiger partial charge on any atom is -0.399 e. The molecule has 0 aliphatic heterocycles. The topological polar surface area (TPSA) is 42.2 Å². The van der Waals surface area contributed by atoms with E-state index in [1.54, 1.807) is 0 Å². The van der Waals surface area contributed by atoms with Crippen LogP contribution in [0.5, 0.6) is 0 Å². The van der Waals surface area contributed by atoms with E-state index in [4.69, 9.17) is 5.73 Å². The molecular weight excluding hydrogens is 246 g/mol. The van der Waals surface area contributed by atoms with Gasteiger partial charge in [0.1, 0.15) is 0 Å². The highest BCUT2D eigenvalue weighted by Crippen LogP contribution is 2.14. The average molecular weight is 269 g/mol. The van der Waals surface area contributed by atoms with E-state index in [0.717, 1.165) is 37.3 Å². The van der Waals surface area contributed by atoms with Gasteiger partial charge in [-0.2, -0.15) is 0 Å². The number of benzene rings is 1. The fourth-order valence-electron chi connectivity index (χ4n) is 2.23. The smallest absolute Gasteiger partial charge is 0.0346 e. The molecule has 0 bridgehead atoms. The first-order valence-electron chi connectivity index (χ1n) is 7.15. The van der Waals surface area contributed by atoms with Crippen LogP contribution in [0.3, 0.4) is 0 Å². The van der Waals surface area contributed by atoms with Crippen molar-refractivity contribution in [1.29, 1.82) is 0 Å². The summed E-state index contributed by atoms with van der Waals surface area (Å²) >= 11 is 0. The Morgan fingerprint density at radius 2 is 1.85 bits per heavy atom. The molecule has 106 valence electrons. The highest BCUT2D eigenvalue weighted by atomic mass is 15.1. The van der Waals surface area contributed by atoms with Gasteiger partial charge < -0.3 is 5.73 Å². The van der Waals surface area contributed by atoms with Crippen LogP contribution in [0.15, 0.2) is 42.7 Å². The zero-order valence-electron chi connectivity index (χ0n) is 12.3. The van der Waals surface area contributed by atoms with Crippen LogP contribution in [0.4, 0.5) is 5.69 Å². The third-order valence-electron chi connectivity index (χ3n) is 3.66. The van der Waals surface area contributed by atoms with Gasteiger partial charge in [-0.05, 0) is 54.8 Å². The minimum atomic E-state index is 0.882. The normalized spacial score (nSPS) is 10.9. The molecule has 1 heterocycles. The van der Waals surface area contributed by atoms with Gasteiger partial charge >= 0.3 is 0 Å². The molecule has 0 aliphatic rings. The number of nitrogens with zero attached hydrogens (tertiary/aromatic N) is 2. The lowest BCUT2D eigenvalue weighted by atomic mass is 10.1. The molecule has 1 aromatic carbocycles. The van der Waals surface area contributed by atoms with Crippen molar-refractivity contribution in [2.45, 2.75) is 26.8 Å². The molecule has 0 saturated heterocycles. The standard InChI is InChI=1S/C17H23N3/c1-3-20(11-8-15-6-9-19-10-7-15)13-16-5-4-14(2)17(18)12-16/h4-7,9-10,12H,3,8,11,13,18H2,1-2H3. The molecule has 0 aliphatic carbocycles. The maximum Gasteiger partial charge on any atom is 0.0346 e. The number of aromatic nitrogens is 1. The zero-order valence-corrected chi connectivity index (χ0v) is 12.3. The van der Waals surface area contributed by atoms with Gasteiger partial charge in [0.25, 0.3) is 0 Å². The summed E-state index contributed by atoms with van der Waals surface area (Å²) in [5.74, 6) is 0. The van der Waals surface area contributed by atoms with E-state index in [0.29, 0.717) is 0 Å². The Hall–Kier alpha value is -1.87. The van der Waals surface area contributed by atoms with Crippen LogP contribution in [0, 0.1) is 6.92 Å². The zero-order chi connectivity index (χ0) is 14.4. The Kier molecular flexibility index (Phi) is 5.13. The summed E-state index contributed by atoms with van der Waals surface area (Å²) in [4.78, 5) is 6.49. The van der Waals surface area contributed by atoms with Crippen molar-refractivity contribution in [3.63, 3.8) is 0 Å². The SMILES string of the molecule is CCN(CCc1ccncc1)Cc1ccc(C)c(N)c1. The molecule has 3 nitrogen and oxygen atoms in total. The predicted octanol–water partition coefficient (Wildman–Crippen LogP) is 3.04. The lowest BCUT2D eigenvalue weighted by molar-refractivity contribution is 0.283. The summed E-state index contributed by atoms with van der Waals surface area (Å²) in [6.45, 7) is 7.28. The number of anilines is 1. The van der Waals surface area contributed by atoms with Crippen molar-refractivity contribution in [3.05, 3.63) is 59.4 Å². The molecule has 20 heavy (non-hydrogen) atoms. The van der Waals surface area contributed by atoms with Gasteiger partial charge in [0.15, 0.2) is 0 Å². The number of hydrogen-bond acceptors (Lipinski definition) is 3. The van der Waals surface area contributed by atoms with Gasteiger partial charge in [0, 0.05) is 31.2 Å². The van der Waals surface area contributed by atoms with Crippen LogP contribution in [0.1, 0.15) is 23.6 Å². The number of nitrogens with two attached hydrogens (primary N) is 1. The van der Waals surface area contributed by atoms with E-state index in [-0.39, 0.29) is 0 Å². The van der Waals surface area contributed by atoms with E-state index in [1.165, 1.54) is 11.1 Å². The van der Waals surface area contributed by atoms with Crippen molar-refractivity contribution in [3.8, 4) is 0 Å². The van der Waals surface area contributed by atoms with E-state index >= 15 is 0 Å². The van der Waals surface area contributed by atoms with Crippen molar-refractivity contribution in [2.75, 3.05) is 18.8 Å². The summed E-state index contributed by atoms with van der Waals surface area (Å²) in [5.41, 5.74) is 10.6. The third kappa shape index (κ3) is 4.07. The largest absolute Gasteiger partial charge is 0.399 e. The minimum absolute atomic E-state index is 0.882. The van der Waals surface area contributed by atoms with Crippen LogP contribution < -0.4 is 5.73 Å². The van der Waals surface area contributed by atoms with Gasteiger partial charge in [-0.25, -0.2) is 0 Å². The monoisotopic (exact) mass is 269 g/mol. The molecule has 3 heteroatoms. The molecule has 0 amide bonds. The van der Waals surface area contributed by atoms with Gasteiger partial charge in [0.2, 0.25) is 0 Å². The molecule has 2 rings (SSSR count). The molecule has 0 spiro atoms. The van der Waals surface area contributed by atoms with Crippen LogP contribution in [0.25, 0.3) is 0 Å². The van der Waals surface area contributed by atoms with Crippen LogP contribution in [-0.4, -0.2) is 23.0 Å². The molecular formula is C17H23N3. The number of aryl methyl sites for hydroxylation is 1. The molecule has 0 radical (unpaired) electrons. The summed E-state index contributed by atoms with van der Waals surface area (Å²) < 4.78 is 0. The van der Waals surface area contributed by atoms with Gasteiger partial charge in [-0.15, -0.1) is 0 Å². The molecule has 1 aromatic heterocycles. The first-order chi connectivity index (χ1) is 9.69. The average Bonchev–Trinajstić information content (AvgIpc) is 2.48. The van der Waals surface area contributed by atoms with Crippen LogP contribution in [-0.2, 0) is 13.0 Å². The second-order valence-electron chi connectivity index (χ2n) is 5.17. The fraction of sp³-hybridized carbons (Fsp3) is 0.353. The highest BCUT2D eigenvalue weighted by Gasteiger charge is 2.05. The molecule has 0 saturated carbocycles. The van der Waals surface area contributed by atoms with Crippen LogP contribution >= 0.6 is 0 Å². The fourth-order valence-corrected chi connectivity index (χ4v) is 2.23. The number of rotatable bonds is 6. The summed E-state index contributed by atoms with van der Waals surface area (Å²) in [6.07, 6.45) is 4.76. The van der Waals surface area contributed by atoms with Crippen molar-refractivity contribution in [2.24, 2.45) is 0 Å². The second-order valence-corrected chi connectivity index (χ2v) is 5.17. The van der Waals surface area contributed by atoms with Gasteiger partial charge in [-0.1, -0.05) is 19.1 Å². The van der Waals surface area contributed by atoms with Crippen molar-refractivity contribution >= 4 is 5.69 Å². The molecule has 2 N–H and O–H groups in total. The lowest BCUT2D eigenvalue weighted by Crippen LogP contribution is -2.25. The quantitative estimate of drug-likeness (QED) is 0.820. The number of hydrogen-bond donors (Lipinski definition) is 1. The molecule has 0 unspecified atom stereocenters. The molecule has 2 aromatic rings. The maximum atomic E-state index is 5.98. The van der Waals surface area contributed by atoms with Crippen molar-refractivity contribution in [1.82, 2.24) is 9.88 Å². The Balaban J connectivity index is 1.93. The van der Waals surface area contributed by atoms with Gasteiger partial charge in [0.05, 0.1) is 0 Å². The summed E-state index contributed by atoms with van der Waals surface area (Å²) in [6, 6.07) is 10.5. The predicted molar refractivity (Wildman–Crippen MR) is 84.5 cm³/mol. The Labute approximate surface area is 121 Å². The highest BCUT2D eigenvalue weighted by molar-refractivity contribution is 5.48. The lowest BCUT2D eigenvalue weighted by Gasteiger charge is -2.21. The third-order valence-corrected chi connectivity index (χ3v) is 3.66. The van der Waals surface area contributed by atoms with Crippen molar-refractivity contribution < 1.29 is 0 Å². The molecule has 0 fully saturated rings. The first kappa shape index (κ1) is 14.5. The van der Waals surface area contributed by atoms with E-state index < -0.39 is 0 Å². The maximum absolute atomic E-state index is 5.98. The number of pyridine rings is 1. The summed E-state index contributed by atoms with van der Waals surface area (Å²) in [7, 11) is 0. The number of likely N-dealkylation sites (N-methyl/N-ethyl adjacent to an activating group) is 1. The van der Waals surface area contributed by atoms with Crippen LogP contribution in [0.2, 0.25) is 0 Å². The Morgan fingerprint density at radius 1 is 1.10 bits per heavy atom. The first-order valence-corrected chi connectivity index (χ1v) is 7.15. The number of nitrogen functional groups attached to an aromatic ring is 1. The second kappa shape index (κ2) is 7.06. The Bertz CT molecular complexity index is 537. The van der Waals surface area contributed by atoms with E-state index in [9.17, 15) is 0 Å².